The van der Waals surface area contributed by atoms with Crippen LogP contribution in [0.5, 0.6) is 5.75 Å². The fraction of sp³-hybridized carbons (Fsp3) is 0.467. The maximum absolute atomic E-state index is 11.7. The summed E-state index contributed by atoms with van der Waals surface area (Å²) >= 11 is 0. The van der Waals surface area contributed by atoms with Gasteiger partial charge < -0.3 is 20.3 Å². The van der Waals surface area contributed by atoms with Crippen molar-refractivity contribution < 1.29 is 24.5 Å². The van der Waals surface area contributed by atoms with E-state index in [0.29, 0.717) is 5.56 Å². The predicted molar refractivity (Wildman–Crippen MR) is 77.3 cm³/mol. The zero-order valence-electron chi connectivity index (χ0n) is 12.6. The number of amides is 1. The van der Waals surface area contributed by atoms with Crippen molar-refractivity contribution in [3.05, 3.63) is 29.8 Å². The van der Waals surface area contributed by atoms with Crippen LogP contribution in [0.25, 0.3) is 0 Å². The van der Waals surface area contributed by atoms with Crippen LogP contribution in [0.3, 0.4) is 0 Å². The highest BCUT2D eigenvalue weighted by atomic mass is 16.6. The van der Waals surface area contributed by atoms with Gasteiger partial charge in [0.2, 0.25) is 0 Å². The molecular weight excluding hydrogens is 274 g/mol. The summed E-state index contributed by atoms with van der Waals surface area (Å²) in [6.45, 7) is 6.78. The van der Waals surface area contributed by atoms with Crippen LogP contribution in [0.1, 0.15) is 39.2 Å². The summed E-state index contributed by atoms with van der Waals surface area (Å²) in [5, 5.41) is 20.9. The summed E-state index contributed by atoms with van der Waals surface area (Å²) < 4.78 is 5.07. The lowest BCUT2D eigenvalue weighted by atomic mass is 9.93. The number of nitrogens with one attached hydrogen (secondary N) is 1. The molecule has 0 heterocycles. The first-order chi connectivity index (χ1) is 9.60. The molecule has 0 bridgehead atoms. The molecule has 0 unspecified atom stereocenters. The Kier molecular flexibility index (Phi) is 5.18. The molecule has 0 aliphatic carbocycles. The normalized spacial score (nSPS) is 14.1. The molecule has 0 spiro atoms. The Morgan fingerprint density at radius 1 is 1.19 bits per heavy atom. The summed E-state index contributed by atoms with van der Waals surface area (Å²) in [6.07, 6.45) is -0.777. The van der Waals surface area contributed by atoms with E-state index in [2.05, 4.69) is 5.32 Å². The molecular formula is C15H21NO5. The van der Waals surface area contributed by atoms with Crippen LogP contribution in [0, 0.1) is 0 Å². The maximum Gasteiger partial charge on any atom is 0.408 e. The molecule has 1 aromatic rings. The van der Waals surface area contributed by atoms with E-state index >= 15 is 0 Å². The lowest BCUT2D eigenvalue weighted by Crippen LogP contribution is -2.46. The van der Waals surface area contributed by atoms with Gasteiger partial charge in [0.15, 0.2) is 0 Å². The molecule has 6 nitrogen and oxygen atoms in total. The standard InChI is InChI=1S/C15H21NO5/c1-9(10-5-7-11(17)8-6-10)12(13(18)19)16-14(20)21-15(2,3)4/h5-9,12,17H,1-4H3,(H,16,20)(H,18,19)/t9-,12+/m0/s1. The Balaban J connectivity index is 2.84. The number of carboxylic acid groups (broad SMARTS) is 1. The number of hydrogen-bond donors (Lipinski definition) is 3. The van der Waals surface area contributed by atoms with E-state index in [1.54, 1.807) is 39.8 Å². The summed E-state index contributed by atoms with van der Waals surface area (Å²) in [5.41, 5.74) is -0.00851. The topological polar surface area (TPSA) is 95.9 Å². The molecule has 1 rings (SSSR count). The first kappa shape index (κ1) is 16.8. The molecule has 3 N–H and O–H groups in total. The van der Waals surface area contributed by atoms with Gasteiger partial charge in [-0.3, -0.25) is 0 Å². The lowest BCUT2D eigenvalue weighted by Gasteiger charge is -2.25. The third-order valence-corrected chi connectivity index (χ3v) is 2.86. The first-order valence-corrected chi connectivity index (χ1v) is 6.61. The number of aliphatic carboxylic acids is 1. The Hall–Kier alpha value is -2.24. The number of alkyl carbamates (subject to hydrolysis) is 1. The second-order valence-corrected chi connectivity index (χ2v) is 5.84. The minimum absolute atomic E-state index is 0.0953. The number of carboxylic acids is 1. The van der Waals surface area contributed by atoms with Crippen molar-refractivity contribution in [1.82, 2.24) is 5.32 Å². The van der Waals surface area contributed by atoms with E-state index in [1.807, 2.05) is 0 Å². The van der Waals surface area contributed by atoms with Crippen molar-refractivity contribution in [3.8, 4) is 5.75 Å². The molecule has 0 fully saturated rings. The van der Waals surface area contributed by atoms with Gasteiger partial charge in [0, 0.05) is 5.92 Å². The maximum atomic E-state index is 11.7. The molecule has 21 heavy (non-hydrogen) atoms. The van der Waals surface area contributed by atoms with Gasteiger partial charge in [-0.25, -0.2) is 9.59 Å². The van der Waals surface area contributed by atoms with Crippen LogP contribution in [0.15, 0.2) is 24.3 Å². The number of carbonyl (C=O) groups is 2. The molecule has 2 atom stereocenters. The molecule has 0 radical (unpaired) electrons. The molecule has 1 amide bonds. The van der Waals surface area contributed by atoms with Crippen molar-refractivity contribution in [2.45, 2.75) is 45.3 Å². The Morgan fingerprint density at radius 3 is 2.14 bits per heavy atom. The smallest absolute Gasteiger partial charge is 0.408 e. The summed E-state index contributed by atoms with van der Waals surface area (Å²) in [4.78, 5) is 23.1. The molecule has 0 saturated heterocycles. The number of hydrogen-bond acceptors (Lipinski definition) is 4. The summed E-state index contributed by atoms with van der Waals surface area (Å²) in [5.74, 6) is -1.53. The Bertz CT molecular complexity index is 504. The van der Waals surface area contributed by atoms with E-state index in [4.69, 9.17) is 4.74 Å². The van der Waals surface area contributed by atoms with Crippen molar-refractivity contribution in [2.75, 3.05) is 0 Å². The molecule has 0 aromatic heterocycles. The van der Waals surface area contributed by atoms with Gasteiger partial charge in [0.1, 0.15) is 17.4 Å². The minimum Gasteiger partial charge on any atom is -0.508 e. The van der Waals surface area contributed by atoms with Gasteiger partial charge in [0.25, 0.3) is 0 Å². The first-order valence-electron chi connectivity index (χ1n) is 6.61. The van der Waals surface area contributed by atoms with Gasteiger partial charge in [-0.15, -0.1) is 0 Å². The van der Waals surface area contributed by atoms with Crippen LogP contribution in [0.4, 0.5) is 4.79 Å². The molecule has 0 aliphatic heterocycles. The number of ether oxygens (including phenoxy) is 1. The van der Waals surface area contributed by atoms with Crippen LogP contribution < -0.4 is 5.32 Å². The fourth-order valence-electron chi connectivity index (χ4n) is 1.81. The van der Waals surface area contributed by atoms with E-state index in [9.17, 15) is 19.8 Å². The SMILES string of the molecule is C[C@@H](c1ccc(O)cc1)[C@@H](NC(=O)OC(C)(C)C)C(=O)O. The number of rotatable bonds is 4. The van der Waals surface area contributed by atoms with Crippen molar-refractivity contribution in [2.24, 2.45) is 0 Å². The third-order valence-electron chi connectivity index (χ3n) is 2.86. The van der Waals surface area contributed by atoms with Crippen molar-refractivity contribution >= 4 is 12.1 Å². The zero-order chi connectivity index (χ0) is 16.2. The second-order valence-electron chi connectivity index (χ2n) is 5.84. The third kappa shape index (κ3) is 5.33. The molecule has 0 saturated carbocycles. The monoisotopic (exact) mass is 295 g/mol. The van der Waals surface area contributed by atoms with Crippen LogP contribution in [-0.2, 0) is 9.53 Å². The molecule has 1 aromatic carbocycles. The van der Waals surface area contributed by atoms with E-state index < -0.39 is 29.6 Å². The highest BCUT2D eigenvalue weighted by molar-refractivity contribution is 5.81. The van der Waals surface area contributed by atoms with Gasteiger partial charge in [-0.05, 0) is 38.5 Å². The molecule has 116 valence electrons. The fourth-order valence-corrected chi connectivity index (χ4v) is 1.81. The number of carbonyl (C=O) groups excluding carboxylic acids is 1. The van der Waals surface area contributed by atoms with E-state index in [1.165, 1.54) is 12.1 Å². The highest BCUT2D eigenvalue weighted by Crippen LogP contribution is 2.22. The highest BCUT2D eigenvalue weighted by Gasteiger charge is 2.29. The largest absolute Gasteiger partial charge is 0.508 e. The molecule has 0 aliphatic rings. The number of phenolic OH excluding ortho intramolecular Hbond substituents is 1. The summed E-state index contributed by atoms with van der Waals surface area (Å²) in [6, 6.07) is 5.06. The van der Waals surface area contributed by atoms with Gasteiger partial charge >= 0.3 is 12.1 Å². The van der Waals surface area contributed by atoms with Crippen LogP contribution in [-0.4, -0.2) is 33.9 Å². The van der Waals surface area contributed by atoms with Gasteiger partial charge in [-0.2, -0.15) is 0 Å². The van der Waals surface area contributed by atoms with Crippen LogP contribution >= 0.6 is 0 Å². The quantitative estimate of drug-likeness (QED) is 0.793. The average molecular weight is 295 g/mol. The second kappa shape index (κ2) is 6.47. The average Bonchev–Trinajstić information content (AvgIpc) is 2.33. The Morgan fingerprint density at radius 2 is 1.71 bits per heavy atom. The number of benzene rings is 1. The predicted octanol–water partition coefficient (Wildman–Crippen LogP) is 2.47. The minimum atomic E-state index is -1.15. The number of phenols is 1. The molecule has 6 heteroatoms. The van der Waals surface area contributed by atoms with Gasteiger partial charge in [0.05, 0.1) is 0 Å². The van der Waals surface area contributed by atoms with Crippen LogP contribution in [0.2, 0.25) is 0 Å². The Labute approximate surface area is 123 Å². The van der Waals surface area contributed by atoms with E-state index in [-0.39, 0.29) is 5.75 Å². The zero-order valence-corrected chi connectivity index (χ0v) is 12.6. The number of aromatic hydroxyl groups is 1. The van der Waals surface area contributed by atoms with E-state index in [0.717, 1.165) is 0 Å². The summed E-state index contributed by atoms with van der Waals surface area (Å²) in [7, 11) is 0. The lowest BCUT2D eigenvalue weighted by molar-refractivity contribution is -0.140. The van der Waals surface area contributed by atoms with Gasteiger partial charge in [-0.1, -0.05) is 19.1 Å². The van der Waals surface area contributed by atoms with Crippen molar-refractivity contribution in [3.63, 3.8) is 0 Å². The van der Waals surface area contributed by atoms with Crippen molar-refractivity contribution in [1.29, 1.82) is 0 Å².